The van der Waals surface area contributed by atoms with E-state index in [9.17, 15) is 9.59 Å². The van der Waals surface area contributed by atoms with Gasteiger partial charge in [0.2, 0.25) is 5.91 Å². The second-order valence-corrected chi connectivity index (χ2v) is 6.78. The van der Waals surface area contributed by atoms with Crippen LogP contribution in [0.5, 0.6) is 0 Å². The molecule has 0 fully saturated rings. The maximum absolute atomic E-state index is 12.4. The second kappa shape index (κ2) is 6.22. The summed E-state index contributed by atoms with van der Waals surface area (Å²) in [6.45, 7) is 2.48. The minimum atomic E-state index is -0.559. The minimum absolute atomic E-state index is 0.0611. The number of carbonyl (C=O) groups is 1. The SMILES string of the molecule is Cc1ccsc1CN(C)C(=O)Cn1c(=O)oc2cc(Cl)ccc21. The molecule has 7 heteroatoms. The quantitative estimate of drug-likeness (QED) is 0.725. The molecule has 0 spiro atoms. The van der Waals surface area contributed by atoms with Gasteiger partial charge in [-0.05, 0) is 36.1 Å². The number of oxazole rings is 1. The van der Waals surface area contributed by atoms with Crippen LogP contribution in [0.4, 0.5) is 0 Å². The summed E-state index contributed by atoms with van der Waals surface area (Å²) in [4.78, 5) is 27.1. The van der Waals surface area contributed by atoms with E-state index in [0.29, 0.717) is 22.7 Å². The van der Waals surface area contributed by atoms with Crippen molar-refractivity contribution in [1.82, 2.24) is 9.47 Å². The van der Waals surface area contributed by atoms with E-state index in [1.54, 1.807) is 41.5 Å². The molecule has 0 saturated carbocycles. The zero-order chi connectivity index (χ0) is 16.6. The summed E-state index contributed by atoms with van der Waals surface area (Å²) in [5, 5.41) is 2.48. The van der Waals surface area contributed by atoms with E-state index in [0.717, 1.165) is 10.4 Å². The van der Waals surface area contributed by atoms with E-state index in [1.165, 1.54) is 4.57 Å². The first-order valence-electron chi connectivity index (χ1n) is 7.01. The summed E-state index contributed by atoms with van der Waals surface area (Å²) in [5.74, 6) is -0.714. The normalized spacial score (nSPS) is 11.1. The second-order valence-electron chi connectivity index (χ2n) is 5.34. The number of hydrogen-bond acceptors (Lipinski definition) is 4. The molecule has 1 amide bonds. The van der Waals surface area contributed by atoms with Crippen LogP contribution in [0.3, 0.4) is 0 Å². The van der Waals surface area contributed by atoms with Crippen LogP contribution in [-0.2, 0) is 17.9 Å². The third kappa shape index (κ3) is 3.18. The third-order valence-electron chi connectivity index (χ3n) is 3.70. The van der Waals surface area contributed by atoms with Crippen molar-refractivity contribution < 1.29 is 9.21 Å². The lowest BCUT2D eigenvalue weighted by molar-refractivity contribution is -0.131. The van der Waals surface area contributed by atoms with Crippen molar-refractivity contribution in [3.05, 3.63) is 55.7 Å². The first kappa shape index (κ1) is 15.8. The number of amides is 1. The van der Waals surface area contributed by atoms with Gasteiger partial charge in [0.05, 0.1) is 12.1 Å². The molecule has 0 bridgehead atoms. The van der Waals surface area contributed by atoms with E-state index in [4.69, 9.17) is 16.0 Å². The maximum Gasteiger partial charge on any atom is 0.420 e. The first-order valence-corrected chi connectivity index (χ1v) is 8.27. The molecule has 0 atom stereocenters. The van der Waals surface area contributed by atoms with Gasteiger partial charge in [-0.1, -0.05) is 11.6 Å². The molecule has 5 nitrogen and oxygen atoms in total. The Morgan fingerprint density at radius 1 is 1.39 bits per heavy atom. The molecule has 0 N–H and O–H groups in total. The molecule has 23 heavy (non-hydrogen) atoms. The van der Waals surface area contributed by atoms with Crippen LogP contribution in [0.2, 0.25) is 5.02 Å². The van der Waals surface area contributed by atoms with Gasteiger partial charge >= 0.3 is 5.76 Å². The van der Waals surface area contributed by atoms with Gasteiger partial charge < -0.3 is 9.32 Å². The Morgan fingerprint density at radius 2 is 2.17 bits per heavy atom. The highest BCUT2D eigenvalue weighted by atomic mass is 35.5. The van der Waals surface area contributed by atoms with Crippen molar-refractivity contribution in [2.24, 2.45) is 0 Å². The van der Waals surface area contributed by atoms with E-state index in [1.807, 2.05) is 18.4 Å². The molecule has 0 saturated heterocycles. The van der Waals surface area contributed by atoms with Crippen molar-refractivity contribution in [3.8, 4) is 0 Å². The van der Waals surface area contributed by atoms with E-state index in [2.05, 4.69) is 0 Å². The number of carbonyl (C=O) groups excluding carboxylic acids is 1. The molecule has 3 aromatic rings. The Hall–Kier alpha value is -2.05. The Labute approximate surface area is 141 Å². The fourth-order valence-corrected chi connectivity index (χ4v) is 3.44. The number of rotatable bonds is 4. The zero-order valence-electron chi connectivity index (χ0n) is 12.7. The number of hydrogen-bond donors (Lipinski definition) is 0. The molecule has 2 aromatic heterocycles. The van der Waals surface area contributed by atoms with Gasteiger partial charge in [0, 0.05) is 23.0 Å². The van der Waals surface area contributed by atoms with Gasteiger partial charge in [0.1, 0.15) is 6.54 Å². The number of benzene rings is 1. The number of fused-ring (bicyclic) bond motifs is 1. The van der Waals surface area contributed by atoms with Crippen LogP contribution in [0.25, 0.3) is 11.1 Å². The number of halogens is 1. The zero-order valence-corrected chi connectivity index (χ0v) is 14.3. The highest BCUT2D eigenvalue weighted by molar-refractivity contribution is 7.10. The van der Waals surface area contributed by atoms with Gasteiger partial charge in [-0.3, -0.25) is 9.36 Å². The van der Waals surface area contributed by atoms with Gasteiger partial charge in [0.25, 0.3) is 0 Å². The predicted octanol–water partition coefficient (Wildman–Crippen LogP) is 3.28. The molecular weight excluding hydrogens is 336 g/mol. The standard InChI is InChI=1S/C16H15ClN2O3S/c1-10-5-6-23-14(10)8-18(2)15(20)9-19-12-4-3-11(17)7-13(12)22-16(19)21/h3-7H,8-9H2,1-2H3. The topological polar surface area (TPSA) is 55.5 Å². The van der Waals surface area contributed by atoms with Crippen LogP contribution in [-0.4, -0.2) is 22.4 Å². The summed E-state index contributed by atoms with van der Waals surface area (Å²) in [6.07, 6.45) is 0. The fourth-order valence-electron chi connectivity index (χ4n) is 2.32. The monoisotopic (exact) mass is 350 g/mol. The van der Waals surface area contributed by atoms with Gasteiger partial charge in [-0.2, -0.15) is 0 Å². The smallest absolute Gasteiger partial charge is 0.408 e. The number of thiophene rings is 1. The van der Waals surface area contributed by atoms with Crippen molar-refractivity contribution in [2.45, 2.75) is 20.0 Å². The average Bonchev–Trinajstić information content (AvgIpc) is 3.03. The molecule has 0 unspecified atom stereocenters. The Kier molecular flexibility index (Phi) is 4.28. The first-order chi connectivity index (χ1) is 11.0. The highest BCUT2D eigenvalue weighted by Crippen LogP contribution is 2.19. The van der Waals surface area contributed by atoms with Crippen molar-refractivity contribution >= 4 is 39.9 Å². The van der Waals surface area contributed by atoms with Crippen LogP contribution in [0, 0.1) is 6.92 Å². The molecule has 0 aliphatic carbocycles. The summed E-state index contributed by atoms with van der Waals surface area (Å²) in [6, 6.07) is 6.94. The molecule has 1 aromatic carbocycles. The molecule has 0 aliphatic rings. The lowest BCUT2D eigenvalue weighted by Gasteiger charge is -2.17. The Bertz CT molecular complexity index is 925. The van der Waals surface area contributed by atoms with E-state index in [-0.39, 0.29) is 12.5 Å². The molecule has 2 heterocycles. The Balaban J connectivity index is 1.81. The van der Waals surface area contributed by atoms with Crippen molar-refractivity contribution in [2.75, 3.05) is 7.05 Å². The summed E-state index contributed by atoms with van der Waals surface area (Å²) in [7, 11) is 1.73. The summed E-state index contributed by atoms with van der Waals surface area (Å²) in [5.41, 5.74) is 2.11. The molecule has 0 aliphatic heterocycles. The largest absolute Gasteiger partial charge is 0.420 e. The fraction of sp³-hybridized carbons (Fsp3) is 0.250. The number of aryl methyl sites for hydroxylation is 1. The average molecular weight is 351 g/mol. The van der Waals surface area contributed by atoms with E-state index >= 15 is 0 Å². The summed E-state index contributed by atoms with van der Waals surface area (Å²) < 4.78 is 6.46. The summed E-state index contributed by atoms with van der Waals surface area (Å²) >= 11 is 7.50. The number of nitrogens with zero attached hydrogens (tertiary/aromatic N) is 2. The molecule has 120 valence electrons. The van der Waals surface area contributed by atoms with Crippen molar-refractivity contribution in [1.29, 1.82) is 0 Å². The Morgan fingerprint density at radius 3 is 2.87 bits per heavy atom. The highest BCUT2D eigenvalue weighted by Gasteiger charge is 2.16. The van der Waals surface area contributed by atoms with Gasteiger partial charge in [0.15, 0.2) is 5.58 Å². The predicted molar refractivity (Wildman–Crippen MR) is 91.0 cm³/mol. The molecule has 0 radical (unpaired) electrons. The van der Waals surface area contributed by atoms with Crippen LogP contribution in [0.1, 0.15) is 10.4 Å². The minimum Gasteiger partial charge on any atom is -0.408 e. The molecule has 3 rings (SSSR count). The van der Waals surface area contributed by atoms with Crippen LogP contribution in [0.15, 0.2) is 38.9 Å². The maximum atomic E-state index is 12.4. The number of aromatic nitrogens is 1. The molecular formula is C16H15ClN2O3S. The van der Waals surface area contributed by atoms with Crippen LogP contribution >= 0.6 is 22.9 Å². The van der Waals surface area contributed by atoms with Gasteiger partial charge in [-0.15, -0.1) is 11.3 Å². The third-order valence-corrected chi connectivity index (χ3v) is 4.94. The van der Waals surface area contributed by atoms with E-state index < -0.39 is 5.76 Å². The lowest BCUT2D eigenvalue weighted by Crippen LogP contribution is -2.32. The number of likely N-dealkylation sites (N-methyl/N-ethyl adjacent to an activating group) is 1. The van der Waals surface area contributed by atoms with Crippen molar-refractivity contribution in [3.63, 3.8) is 0 Å². The van der Waals surface area contributed by atoms with Gasteiger partial charge in [-0.25, -0.2) is 4.79 Å². The lowest BCUT2D eigenvalue weighted by atomic mass is 10.3. The van der Waals surface area contributed by atoms with Crippen LogP contribution < -0.4 is 5.76 Å².